The van der Waals surface area contributed by atoms with Crippen LogP contribution in [0.25, 0.3) is 0 Å². The van der Waals surface area contributed by atoms with Crippen LogP contribution in [0.2, 0.25) is 0 Å². The van der Waals surface area contributed by atoms with Gasteiger partial charge in [0.05, 0.1) is 0 Å². The average Bonchev–Trinajstić information content (AvgIpc) is 2.62. The Morgan fingerprint density at radius 3 is 2.85 bits per heavy atom. The van der Waals surface area contributed by atoms with Gasteiger partial charge >= 0.3 is 0 Å². The van der Waals surface area contributed by atoms with E-state index in [-0.39, 0.29) is 0 Å². The molecular formula is C8H12BrN3S. The summed E-state index contributed by atoms with van der Waals surface area (Å²) in [6, 6.07) is 0.606. The molecule has 0 aliphatic heterocycles. The molecule has 0 aromatic carbocycles. The molecule has 0 radical (unpaired) electrons. The van der Waals surface area contributed by atoms with Crippen LogP contribution < -0.4 is 5.32 Å². The number of nitrogens with one attached hydrogen (secondary N) is 1. The number of anilines is 1. The Hall–Kier alpha value is -0.160. The van der Waals surface area contributed by atoms with Gasteiger partial charge in [-0.2, -0.15) is 0 Å². The van der Waals surface area contributed by atoms with Gasteiger partial charge in [0.25, 0.3) is 0 Å². The summed E-state index contributed by atoms with van der Waals surface area (Å²) in [5, 5.41) is 12.3. The Labute approximate surface area is 90.1 Å². The van der Waals surface area contributed by atoms with Gasteiger partial charge in [0.2, 0.25) is 5.13 Å². The maximum absolute atomic E-state index is 4.01. The first-order valence-electron chi connectivity index (χ1n) is 4.49. The Balaban J connectivity index is 1.91. The first-order chi connectivity index (χ1) is 6.24. The summed E-state index contributed by atoms with van der Waals surface area (Å²) in [5.41, 5.74) is 0. The van der Waals surface area contributed by atoms with E-state index in [4.69, 9.17) is 0 Å². The largest absolute Gasteiger partial charge is 0.357 e. The van der Waals surface area contributed by atoms with Crippen molar-refractivity contribution in [1.82, 2.24) is 10.2 Å². The van der Waals surface area contributed by atoms with E-state index >= 15 is 0 Å². The van der Waals surface area contributed by atoms with E-state index in [1.165, 1.54) is 19.3 Å². The lowest BCUT2D eigenvalue weighted by Crippen LogP contribution is -2.14. The van der Waals surface area contributed by atoms with E-state index in [1.54, 1.807) is 11.3 Å². The fraction of sp³-hybridized carbons (Fsp3) is 0.750. The van der Waals surface area contributed by atoms with Gasteiger partial charge in [0.15, 0.2) is 3.92 Å². The monoisotopic (exact) mass is 261 g/mol. The highest BCUT2D eigenvalue weighted by Crippen LogP contribution is 2.29. The number of hydrogen-bond acceptors (Lipinski definition) is 4. The number of halogens is 1. The van der Waals surface area contributed by atoms with Crippen LogP contribution in [0.5, 0.6) is 0 Å². The molecule has 1 aliphatic rings. The van der Waals surface area contributed by atoms with Crippen molar-refractivity contribution >= 4 is 32.4 Å². The number of rotatable bonds is 2. The second-order valence-corrected chi connectivity index (χ2v) is 5.87. The van der Waals surface area contributed by atoms with Gasteiger partial charge < -0.3 is 5.32 Å². The topological polar surface area (TPSA) is 37.8 Å². The van der Waals surface area contributed by atoms with Crippen molar-refractivity contribution in [3.63, 3.8) is 0 Å². The van der Waals surface area contributed by atoms with Crippen LogP contribution in [0.1, 0.15) is 26.2 Å². The lowest BCUT2D eigenvalue weighted by Gasteiger charge is -2.09. The summed E-state index contributed by atoms with van der Waals surface area (Å²) in [7, 11) is 0. The molecule has 72 valence electrons. The minimum atomic E-state index is 0.606. The molecule has 0 bridgehead atoms. The average molecular weight is 262 g/mol. The first-order valence-corrected chi connectivity index (χ1v) is 6.10. The third-order valence-corrected chi connectivity index (χ3v) is 3.71. The molecule has 3 nitrogen and oxygen atoms in total. The molecule has 0 spiro atoms. The van der Waals surface area contributed by atoms with E-state index in [1.807, 2.05) is 0 Å². The van der Waals surface area contributed by atoms with Crippen LogP contribution in [-0.2, 0) is 0 Å². The minimum absolute atomic E-state index is 0.606. The van der Waals surface area contributed by atoms with E-state index in [2.05, 4.69) is 38.4 Å². The van der Waals surface area contributed by atoms with Crippen LogP contribution in [0.15, 0.2) is 3.92 Å². The Morgan fingerprint density at radius 1 is 1.46 bits per heavy atom. The molecule has 1 heterocycles. The van der Waals surface area contributed by atoms with E-state index < -0.39 is 0 Å². The summed E-state index contributed by atoms with van der Waals surface area (Å²) < 4.78 is 0.848. The number of aromatic nitrogens is 2. The van der Waals surface area contributed by atoms with Crippen LogP contribution >= 0.6 is 27.3 Å². The lowest BCUT2D eigenvalue weighted by molar-refractivity contribution is 0.602. The van der Waals surface area contributed by atoms with Gasteiger partial charge in [-0.1, -0.05) is 18.3 Å². The zero-order chi connectivity index (χ0) is 9.26. The van der Waals surface area contributed by atoms with Gasteiger partial charge in [0, 0.05) is 6.04 Å². The van der Waals surface area contributed by atoms with Gasteiger partial charge in [-0.25, -0.2) is 0 Å². The summed E-state index contributed by atoms with van der Waals surface area (Å²) >= 11 is 4.86. The highest BCUT2D eigenvalue weighted by atomic mass is 79.9. The van der Waals surface area contributed by atoms with Gasteiger partial charge in [-0.05, 0) is 41.1 Å². The zero-order valence-corrected chi connectivity index (χ0v) is 9.86. The molecule has 1 N–H and O–H groups in total. The quantitative estimate of drug-likeness (QED) is 0.890. The SMILES string of the molecule is CC1CCC(Nc2nnc(Br)s2)C1. The van der Waals surface area contributed by atoms with Crippen molar-refractivity contribution < 1.29 is 0 Å². The van der Waals surface area contributed by atoms with Crippen molar-refractivity contribution in [3.8, 4) is 0 Å². The minimum Gasteiger partial charge on any atom is -0.357 e. The zero-order valence-electron chi connectivity index (χ0n) is 7.46. The normalized spacial score (nSPS) is 27.8. The van der Waals surface area contributed by atoms with Crippen molar-refractivity contribution in [2.45, 2.75) is 32.2 Å². The summed E-state index contributed by atoms with van der Waals surface area (Å²) in [4.78, 5) is 0. The molecule has 1 aromatic rings. The van der Waals surface area contributed by atoms with Crippen LogP contribution in [0.4, 0.5) is 5.13 Å². The highest BCUT2D eigenvalue weighted by molar-refractivity contribution is 9.11. The molecule has 1 fully saturated rings. The Morgan fingerprint density at radius 2 is 2.31 bits per heavy atom. The number of nitrogens with zero attached hydrogens (tertiary/aromatic N) is 2. The van der Waals surface area contributed by atoms with Crippen molar-refractivity contribution in [1.29, 1.82) is 0 Å². The fourth-order valence-electron chi connectivity index (χ4n) is 1.78. The molecule has 1 saturated carbocycles. The molecule has 1 aliphatic carbocycles. The third-order valence-electron chi connectivity index (χ3n) is 2.42. The van der Waals surface area contributed by atoms with E-state index in [0.717, 1.165) is 15.0 Å². The van der Waals surface area contributed by atoms with Crippen molar-refractivity contribution in [2.24, 2.45) is 5.92 Å². The van der Waals surface area contributed by atoms with Gasteiger partial charge in [0.1, 0.15) is 0 Å². The predicted molar refractivity (Wildman–Crippen MR) is 58.0 cm³/mol. The lowest BCUT2D eigenvalue weighted by atomic mass is 10.1. The van der Waals surface area contributed by atoms with Crippen LogP contribution in [-0.4, -0.2) is 16.2 Å². The third kappa shape index (κ3) is 2.40. The smallest absolute Gasteiger partial charge is 0.206 e. The second kappa shape index (κ2) is 3.92. The molecule has 2 rings (SSSR count). The first kappa shape index (κ1) is 9.40. The van der Waals surface area contributed by atoms with E-state index in [0.29, 0.717) is 6.04 Å². The maximum Gasteiger partial charge on any atom is 0.206 e. The molecule has 0 saturated heterocycles. The fourth-order valence-corrected chi connectivity index (χ4v) is 2.86. The molecule has 5 heteroatoms. The van der Waals surface area contributed by atoms with Crippen molar-refractivity contribution in [2.75, 3.05) is 5.32 Å². The standard InChI is InChI=1S/C8H12BrN3S/c1-5-2-3-6(4-5)10-8-12-11-7(9)13-8/h5-6H,2-4H2,1H3,(H,10,12). The summed E-state index contributed by atoms with van der Waals surface area (Å²) in [6.07, 6.45) is 3.85. The molecular weight excluding hydrogens is 250 g/mol. The summed E-state index contributed by atoms with van der Waals surface area (Å²) in [6.45, 7) is 2.30. The Kier molecular flexibility index (Phi) is 2.83. The molecule has 0 amide bonds. The van der Waals surface area contributed by atoms with Gasteiger partial charge in [-0.15, -0.1) is 10.2 Å². The Bertz CT molecular complexity index is 289. The van der Waals surface area contributed by atoms with Crippen LogP contribution in [0.3, 0.4) is 0 Å². The molecule has 1 aromatic heterocycles. The van der Waals surface area contributed by atoms with E-state index in [9.17, 15) is 0 Å². The predicted octanol–water partition coefficient (Wildman–Crippen LogP) is 2.90. The van der Waals surface area contributed by atoms with Gasteiger partial charge in [-0.3, -0.25) is 0 Å². The second-order valence-electron chi connectivity index (χ2n) is 3.62. The summed E-state index contributed by atoms with van der Waals surface area (Å²) in [5.74, 6) is 0.855. The molecule has 13 heavy (non-hydrogen) atoms. The molecule has 2 atom stereocenters. The maximum atomic E-state index is 4.01. The number of hydrogen-bond donors (Lipinski definition) is 1. The highest BCUT2D eigenvalue weighted by Gasteiger charge is 2.21. The molecule has 2 unspecified atom stereocenters. The van der Waals surface area contributed by atoms with Crippen LogP contribution in [0, 0.1) is 5.92 Å². The van der Waals surface area contributed by atoms with Crippen molar-refractivity contribution in [3.05, 3.63) is 3.92 Å².